The van der Waals surface area contributed by atoms with E-state index in [0.29, 0.717) is 18.1 Å². The third kappa shape index (κ3) is 6.57. The lowest BCUT2D eigenvalue weighted by Gasteiger charge is -2.26. The van der Waals surface area contributed by atoms with Crippen LogP contribution in [0.5, 0.6) is 0 Å². The Labute approximate surface area is 194 Å². The fourth-order valence-corrected chi connectivity index (χ4v) is 4.21. The second kappa shape index (κ2) is 10.6. The van der Waals surface area contributed by atoms with Crippen molar-refractivity contribution in [3.05, 3.63) is 82.9 Å². The molecule has 1 saturated heterocycles. The fourth-order valence-electron chi connectivity index (χ4n) is 3.27. The van der Waals surface area contributed by atoms with Crippen molar-refractivity contribution in [1.29, 1.82) is 0 Å². The maximum absolute atomic E-state index is 13.3. The van der Waals surface area contributed by atoms with E-state index in [1.807, 2.05) is 81.4 Å². The lowest BCUT2D eigenvalue weighted by Crippen LogP contribution is -2.41. The van der Waals surface area contributed by atoms with E-state index in [9.17, 15) is 14.4 Å². The molecule has 2 aromatic rings. The molecule has 0 saturated carbocycles. The normalized spacial score (nSPS) is 15.3. The molecule has 0 atom stereocenters. The van der Waals surface area contributed by atoms with E-state index in [4.69, 9.17) is 0 Å². The molecule has 0 N–H and O–H groups in total. The van der Waals surface area contributed by atoms with Gasteiger partial charge in [0.15, 0.2) is 5.78 Å². The minimum Gasteiger partial charge on any atom is -0.336 e. The molecule has 0 bridgehead atoms. The molecule has 0 aromatic heterocycles. The van der Waals surface area contributed by atoms with Crippen molar-refractivity contribution in [2.24, 2.45) is 5.41 Å². The number of benzene rings is 2. The van der Waals surface area contributed by atoms with Gasteiger partial charge in [-0.15, -0.1) is 0 Å². The maximum atomic E-state index is 13.3. The van der Waals surface area contributed by atoms with Crippen LogP contribution in [0.3, 0.4) is 0 Å². The number of amides is 2. The van der Waals surface area contributed by atoms with Crippen molar-refractivity contribution in [3.8, 4) is 0 Å². The van der Waals surface area contributed by atoms with Crippen molar-refractivity contribution in [1.82, 2.24) is 9.80 Å². The highest BCUT2D eigenvalue weighted by Crippen LogP contribution is 2.30. The molecule has 0 radical (unpaired) electrons. The molecular weight excluding hydrogens is 420 g/mol. The van der Waals surface area contributed by atoms with E-state index in [0.717, 1.165) is 17.5 Å². The molecule has 5 nitrogen and oxygen atoms in total. The highest BCUT2D eigenvalue weighted by molar-refractivity contribution is 8.04. The molecule has 168 valence electrons. The quantitative estimate of drug-likeness (QED) is 0.563. The Morgan fingerprint density at radius 2 is 1.59 bits per heavy atom. The van der Waals surface area contributed by atoms with E-state index in [1.54, 1.807) is 4.90 Å². The zero-order chi connectivity index (χ0) is 23.1. The van der Waals surface area contributed by atoms with Crippen LogP contribution in [0.15, 0.2) is 71.8 Å². The highest BCUT2D eigenvalue weighted by Gasteiger charge is 2.32. The van der Waals surface area contributed by atoms with Gasteiger partial charge in [0.05, 0.1) is 10.8 Å². The number of ketones is 1. The molecule has 1 heterocycles. The van der Waals surface area contributed by atoms with Crippen molar-refractivity contribution in [2.45, 2.75) is 33.7 Å². The predicted molar refractivity (Wildman–Crippen MR) is 129 cm³/mol. The summed E-state index contributed by atoms with van der Waals surface area (Å²) in [6, 6.07) is 19.9. The van der Waals surface area contributed by atoms with Gasteiger partial charge in [-0.2, -0.15) is 0 Å². The molecule has 0 unspecified atom stereocenters. The average Bonchev–Trinajstić information content (AvgIpc) is 3.11. The number of thioether (sulfide) groups is 1. The number of rotatable bonds is 8. The summed E-state index contributed by atoms with van der Waals surface area (Å²) in [5.74, 6) is -0.0784. The fraction of sp³-hybridized carbons (Fsp3) is 0.346. The highest BCUT2D eigenvalue weighted by atomic mass is 32.2. The smallest absolute Gasteiger partial charge is 0.242 e. The third-order valence-electron chi connectivity index (χ3n) is 5.28. The number of hydrogen-bond donors (Lipinski definition) is 0. The third-order valence-corrected chi connectivity index (χ3v) is 6.31. The molecule has 2 amide bonds. The zero-order valence-electron chi connectivity index (χ0n) is 18.9. The summed E-state index contributed by atoms with van der Waals surface area (Å²) in [5, 5.41) is 0.561. The number of carbonyl (C=O) groups excluding carboxylic acids is 3. The second-order valence-electron chi connectivity index (χ2n) is 8.90. The largest absolute Gasteiger partial charge is 0.336 e. The molecule has 32 heavy (non-hydrogen) atoms. The van der Waals surface area contributed by atoms with E-state index in [2.05, 4.69) is 0 Å². The van der Waals surface area contributed by atoms with Gasteiger partial charge in [0, 0.05) is 24.6 Å². The first-order chi connectivity index (χ1) is 15.2. The average molecular weight is 451 g/mol. The second-order valence-corrected chi connectivity index (χ2v) is 9.90. The van der Waals surface area contributed by atoms with Crippen LogP contribution in [0.2, 0.25) is 0 Å². The topological polar surface area (TPSA) is 57.7 Å². The Morgan fingerprint density at radius 3 is 2.19 bits per heavy atom. The van der Waals surface area contributed by atoms with Gasteiger partial charge in [-0.25, -0.2) is 0 Å². The van der Waals surface area contributed by atoms with Crippen LogP contribution in [0, 0.1) is 5.41 Å². The Morgan fingerprint density at radius 1 is 1.00 bits per heavy atom. The maximum Gasteiger partial charge on any atom is 0.242 e. The van der Waals surface area contributed by atoms with Gasteiger partial charge in [-0.05, 0) is 17.5 Å². The van der Waals surface area contributed by atoms with Crippen LogP contribution < -0.4 is 0 Å². The van der Waals surface area contributed by atoms with Gasteiger partial charge in [0.1, 0.15) is 6.54 Å². The van der Waals surface area contributed by atoms with Crippen LogP contribution in [0.4, 0.5) is 0 Å². The number of nitrogens with zero attached hydrogens (tertiary/aromatic N) is 2. The van der Waals surface area contributed by atoms with Gasteiger partial charge in [0.25, 0.3) is 0 Å². The first kappa shape index (κ1) is 23.8. The van der Waals surface area contributed by atoms with Crippen molar-refractivity contribution in [3.63, 3.8) is 0 Å². The first-order valence-corrected chi connectivity index (χ1v) is 11.8. The first-order valence-electron chi connectivity index (χ1n) is 10.8. The van der Waals surface area contributed by atoms with Crippen molar-refractivity contribution < 1.29 is 14.4 Å². The van der Waals surface area contributed by atoms with E-state index in [-0.39, 0.29) is 29.9 Å². The molecule has 6 heteroatoms. The SMILES string of the molecule is CC(C)(C)C(=O)/C=C1\SCC(=O)N1CC(=O)N(CCc1ccccc1)Cc1ccccc1. The van der Waals surface area contributed by atoms with Gasteiger partial charge in [-0.1, -0.05) is 93.2 Å². The van der Waals surface area contributed by atoms with E-state index < -0.39 is 5.41 Å². The standard InChI is InChI=1S/C26H30N2O3S/c1-26(2,3)22(29)16-25-28(24(31)19-32-25)18-23(30)27(17-21-12-8-5-9-13-21)15-14-20-10-6-4-7-11-20/h4-13,16H,14-15,17-19H2,1-3H3/b25-16-. The van der Waals surface area contributed by atoms with Gasteiger partial charge in [0.2, 0.25) is 11.8 Å². The molecule has 1 aliphatic rings. The van der Waals surface area contributed by atoms with Crippen molar-refractivity contribution in [2.75, 3.05) is 18.8 Å². The van der Waals surface area contributed by atoms with Crippen LogP contribution in [-0.2, 0) is 27.3 Å². The van der Waals surface area contributed by atoms with Crippen LogP contribution in [-0.4, -0.2) is 46.2 Å². The summed E-state index contributed by atoms with van der Waals surface area (Å²) in [6.45, 7) is 6.49. The Balaban J connectivity index is 1.76. The van der Waals surface area contributed by atoms with Gasteiger partial charge >= 0.3 is 0 Å². The molecular formula is C26H30N2O3S. The molecule has 2 aromatic carbocycles. The molecule has 1 fully saturated rings. The van der Waals surface area contributed by atoms with Gasteiger partial charge in [-0.3, -0.25) is 19.3 Å². The molecule has 0 spiro atoms. The van der Waals surface area contributed by atoms with E-state index in [1.165, 1.54) is 22.7 Å². The Bertz CT molecular complexity index is 981. The van der Waals surface area contributed by atoms with Crippen molar-refractivity contribution >= 4 is 29.4 Å². The molecule has 3 rings (SSSR count). The number of hydrogen-bond acceptors (Lipinski definition) is 4. The van der Waals surface area contributed by atoms with Gasteiger partial charge < -0.3 is 4.90 Å². The molecule has 1 aliphatic heterocycles. The lowest BCUT2D eigenvalue weighted by atomic mass is 9.91. The summed E-state index contributed by atoms with van der Waals surface area (Å²) in [5.41, 5.74) is 1.65. The number of carbonyl (C=O) groups is 3. The Kier molecular flexibility index (Phi) is 7.91. The summed E-state index contributed by atoms with van der Waals surface area (Å²) in [7, 11) is 0. The zero-order valence-corrected chi connectivity index (χ0v) is 19.7. The Hall–Kier alpha value is -2.86. The van der Waals surface area contributed by atoms with Crippen LogP contribution in [0.1, 0.15) is 31.9 Å². The predicted octanol–water partition coefficient (Wildman–Crippen LogP) is 4.29. The summed E-state index contributed by atoms with van der Waals surface area (Å²) < 4.78 is 0. The van der Waals surface area contributed by atoms with E-state index >= 15 is 0 Å². The summed E-state index contributed by atoms with van der Waals surface area (Å²) in [6.07, 6.45) is 2.24. The summed E-state index contributed by atoms with van der Waals surface area (Å²) in [4.78, 5) is 41.5. The minimum absolute atomic E-state index is 0.0580. The monoisotopic (exact) mass is 450 g/mol. The number of allylic oxidation sites excluding steroid dienone is 1. The van der Waals surface area contributed by atoms with Crippen LogP contribution in [0.25, 0.3) is 0 Å². The lowest BCUT2D eigenvalue weighted by molar-refractivity contribution is -0.137. The van der Waals surface area contributed by atoms with Crippen LogP contribution >= 0.6 is 11.8 Å². The molecule has 0 aliphatic carbocycles. The summed E-state index contributed by atoms with van der Waals surface area (Å²) >= 11 is 1.32. The minimum atomic E-state index is -0.538.